The van der Waals surface area contributed by atoms with Crippen molar-refractivity contribution in [1.82, 2.24) is 9.13 Å². The summed E-state index contributed by atoms with van der Waals surface area (Å²) in [5.41, 5.74) is 5.45. The van der Waals surface area contributed by atoms with Gasteiger partial charge in [-0.25, -0.2) is 0 Å². The van der Waals surface area contributed by atoms with Crippen LogP contribution in [0.15, 0.2) is 57.5 Å². The highest BCUT2D eigenvalue weighted by Gasteiger charge is 2.20. The number of fused-ring (bicyclic) bond motifs is 6. The molecule has 2 nitrogen and oxygen atoms in total. The topological polar surface area (TPSA) is 9.86 Å². The minimum atomic E-state index is 0.699. The van der Waals surface area contributed by atoms with Crippen LogP contribution in [0.3, 0.4) is 0 Å². The van der Waals surface area contributed by atoms with E-state index in [9.17, 15) is 0 Å². The zero-order valence-electron chi connectivity index (χ0n) is 23.5. The lowest BCUT2D eigenvalue weighted by atomic mass is 9.99. The molecular weight excluding hydrogens is 596 g/mol. The van der Waals surface area contributed by atoms with Crippen LogP contribution in [0.25, 0.3) is 43.6 Å². The summed E-state index contributed by atoms with van der Waals surface area (Å²) in [5, 5.41) is 5.50. The SMILES string of the molecule is CCCCC(CC)Cn1c2cc(Br)ccc2c2cc3c(cc21)c1ccc(Br)cc1n3CC(CC)CCCC. The first-order valence-corrected chi connectivity index (χ1v) is 16.4. The maximum atomic E-state index is 3.77. The van der Waals surface area contributed by atoms with Crippen molar-refractivity contribution >= 4 is 75.5 Å². The van der Waals surface area contributed by atoms with Crippen molar-refractivity contribution in [1.29, 1.82) is 0 Å². The lowest BCUT2D eigenvalue weighted by molar-refractivity contribution is 0.400. The first kappa shape index (κ1) is 27.8. The molecule has 0 bridgehead atoms. The molecule has 38 heavy (non-hydrogen) atoms. The lowest BCUT2D eigenvalue weighted by Gasteiger charge is -2.18. The van der Waals surface area contributed by atoms with Crippen LogP contribution >= 0.6 is 31.9 Å². The highest BCUT2D eigenvalue weighted by atomic mass is 79.9. The van der Waals surface area contributed by atoms with Crippen molar-refractivity contribution in [3.05, 3.63) is 57.5 Å². The van der Waals surface area contributed by atoms with E-state index in [4.69, 9.17) is 0 Å². The first-order valence-electron chi connectivity index (χ1n) is 14.8. The maximum Gasteiger partial charge on any atom is 0.0502 e. The van der Waals surface area contributed by atoms with Crippen molar-refractivity contribution < 1.29 is 0 Å². The highest BCUT2D eigenvalue weighted by molar-refractivity contribution is 9.10. The Hall–Kier alpha value is -1.78. The largest absolute Gasteiger partial charge is 0.340 e. The molecule has 5 rings (SSSR count). The highest BCUT2D eigenvalue weighted by Crippen LogP contribution is 2.39. The fraction of sp³-hybridized carbons (Fsp3) is 0.471. The van der Waals surface area contributed by atoms with Gasteiger partial charge in [0, 0.05) is 54.6 Å². The quantitative estimate of drug-likeness (QED) is 0.129. The van der Waals surface area contributed by atoms with Gasteiger partial charge in [-0.05, 0) is 61.1 Å². The molecule has 0 fully saturated rings. The van der Waals surface area contributed by atoms with Crippen LogP contribution in [-0.2, 0) is 13.1 Å². The molecule has 0 saturated heterocycles. The van der Waals surface area contributed by atoms with Gasteiger partial charge in [0.2, 0.25) is 0 Å². The monoisotopic (exact) mass is 636 g/mol. The molecule has 0 aliphatic carbocycles. The van der Waals surface area contributed by atoms with Crippen molar-refractivity contribution in [3.8, 4) is 0 Å². The lowest BCUT2D eigenvalue weighted by Crippen LogP contribution is -2.10. The number of benzene rings is 3. The van der Waals surface area contributed by atoms with E-state index in [0.29, 0.717) is 11.8 Å². The fourth-order valence-corrected chi connectivity index (χ4v) is 7.07. The Labute approximate surface area is 245 Å². The van der Waals surface area contributed by atoms with E-state index >= 15 is 0 Å². The molecule has 0 N–H and O–H groups in total. The van der Waals surface area contributed by atoms with E-state index in [1.54, 1.807) is 0 Å². The van der Waals surface area contributed by atoms with Crippen LogP contribution in [-0.4, -0.2) is 9.13 Å². The molecule has 2 unspecified atom stereocenters. The number of halogens is 2. The van der Waals surface area contributed by atoms with E-state index in [2.05, 4.69) is 117 Å². The molecular formula is C34H42Br2N2. The normalized spacial score (nSPS) is 13.8. The predicted octanol–water partition coefficient (Wildman–Crippen LogP) is 11.9. The number of unbranched alkanes of at least 4 members (excludes halogenated alkanes) is 2. The maximum absolute atomic E-state index is 3.77. The van der Waals surface area contributed by atoms with Gasteiger partial charge in [-0.2, -0.15) is 0 Å². The summed E-state index contributed by atoms with van der Waals surface area (Å²) < 4.78 is 7.55. The average molecular weight is 639 g/mol. The Balaban J connectivity index is 1.76. The average Bonchev–Trinajstić information content (AvgIpc) is 3.38. The standard InChI is InChI=1S/C34H42Br2N2/c1-5-9-11-23(7-3)21-37-31-17-25(35)13-15-27(31)29-20-34-30(19-33(29)37)28-16-14-26(36)18-32(28)38(34)22-24(8-4)12-10-6-2/h13-20,23-24H,5-12,21-22H2,1-4H3. The number of rotatable bonds is 12. The molecule has 0 aliphatic heterocycles. The third-order valence-electron chi connectivity index (χ3n) is 8.75. The van der Waals surface area contributed by atoms with E-state index in [0.717, 1.165) is 22.0 Å². The molecule has 2 aromatic heterocycles. The van der Waals surface area contributed by atoms with Gasteiger partial charge in [0.05, 0.1) is 11.0 Å². The van der Waals surface area contributed by atoms with Crippen LogP contribution < -0.4 is 0 Å². The summed E-state index contributed by atoms with van der Waals surface area (Å²) in [5.74, 6) is 1.40. The smallest absolute Gasteiger partial charge is 0.0502 e. The van der Waals surface area contributed by atoms with Gasteiger partial charge in [-0.3, -0.25) is 0 Å². The van der Waals surface area contributed by atoms with E-state index in [-0.39, 0.29) is 0 Å². The van der Waals surface area contributed by atoms with Crippen molar-refractivity contribution in [2.75, 3.05) is 0 Å². The van der Waals surface area contributed by atoms with Gasteiger partial charge in [0.1, 0.15) is 0 Å². The van der Waals surface area contributed by atoms with Crippen molar-refractivity contribution in [2.45, 2.75) is 92.2 Å². The zero-order chi connectivity index (χ0) is 26.8. The van der Waals surface area contributed by atoms with Crippen LogP contribution in [0, 0.1) is 11.8 Å². The molecule has 2 atom stereocenters. The Kier molecular flexibility index (Phi) is 8.89. The van der Waals surface area contributed by atoms with Crippen molar-refractivity contribution in [2.24, 2.45) is 11.8 Å². The molecule has 202 valence electrons. The molecule has 0 amide bonds. The molecule has 5 aromatic rings. The molecule has 0 radical (unpaired) electrons. The molecule has 4 heteroatoms. The van der Waals surface area contributed by atoms with E-state index in [1.807, 2.05) is 0 Å². The minimum Gasteiger partial charge on any atom is -0.340 e. The number of nitrogens with zero attached hydrogens (tertiary/aromatic N) is 2. The molecule has 2 heterocycles. The first-order chi connectivity index (χ1) is 18.5. The number of aromatic nitrogens is 2. The number of hydrogen-bond acceptors (Lipinski definition) is 0. The molecule has 0 spiro atoms. The second-order valence-electron chi connectivity index (χ2n) is 11.3. The van der Waals surface area contributed by atoms with Gasteiger partial charge < -0.3 is 9.13 Å². The van der Waals surface area contributed by atoms with Gasteiger partial charge in [-0.15, -0.1) is 0 Å². The zero-order valence-corrected chi connectivity index (χ0v) is 26.7. The second-order valence-corrected chi connectivity index (χ2v) is 13.1. The summed E-state index contributed by atoms with van der Waals surface area (Å²) in [6.07, 6.45) is 10.2. The molecule has 0 saturated carbocycles. The van der Waals surface area contributed by atoms with Gasteiger partial charge in [0.25, 0.3) is 0 Å². The van der Waals surface area contributed by atoms with E-state index in [1.165, 1.54) is 95.0 Å². The Morgan fingerprint density at radius 1 is 0.553 bits per heavy atom. The van der Waals surface area contributed by atoms with Gasteiger partial charge >= 0.3 is 0 Å². The van der Waals surface area contributed by atoms with Crippen LogP contribution in [0.1, 0.15) is 79.1 Å². The molecule has 0 aliphatic rings. The Morgan fingerprint density at radius 2 is 0.947 bits per heavy atom. The van der Waals surface area contributed by atoms with Crippen LogP contribution in [0.5, 0.6) is 0 Å². The summed E-state index contributed by atoms with van der Waals surface area (Å²) >= 11 is 7.54. The van der Waals surface area contributed by atoms with Gasteiger partial charge in [0.15, 0.2) is 0 Å². The van der Waals surface area contributed by atoms with Crippen molar-refractivity contribution in [3.63, 3.8) is 0 Å². The predicted molar refractivity (Wildman–Crippen MR) is 174 cm³/mol. The number of hydrogen-bond donors (Lipinski definition) is 0. The summed E-state index contributed by atoms with van der Waals surface area (Å²) in [6.45, 7) is 11.5. The van der Waals surface area contributed by atoms with Gasteiger partial charge in [-0.1, -0.05) is 110 Å². The Bertz CT molecular complexity index is 1440. The summed E-state index contributed by atoms with van der Waals surface area (Å²) in [6, 6.07) is 18.7. The molecule has 3 aromatic carbocycles. The third-order valence-corrected chi connectivity index (χ3v) is 9.73. The Morgan fingerprint density at radius 3 is 1.32 bits per heavy atom. The minimum absolute atomic E-state index is 0.699. The van der Waals surface area contributed by atoms with Crippen LogP contribution in [0.4, 0.5) is 0 Å². The summed E-state index contributed by atoms with van der Waals surface area (Å²) in [7, 11) is 0. The summed E-state index contributed by atoms with van der Waals surface area (Å²) in [4.78, 5) is 0. The fourth-order valence-electron chi connectivity index (χ4n) is 6.37. The van der Waals surface area contributed by atoms with E-state index < -0.39 is 0 Å². The third kappa shape index (κ3) is 5.32. The van der Waals surface area contributed by atoms with Crippen LogP contribution in [0.2, 0.25) is 0 Å². The second kappa shape index (κ2) is 12.2.